The molecule has 0 aromatic carbocycles. The Morgan fingerprint density at radius 3 is 2.73 bits per heavy atom. The summed E-state index contributed by atoms with van der Waals surface area (Å²) < 4.78 is 0. The van der Waals surface area contributed by atoms with Crippen LogP contribution in [-0.4, -0.2) is 41.6 Å². The number of nitrogens with one attached hydrogen (secondary N) is 1. The zero-order valence-electron chi connectivity index (χ0n) is 8.27. The fourth-order valence-electron chi connectivity index (χ4n) is 0.872. The summed E-state index contributed by atoms with van der Waals surface area (Å²) in [5.74, 6) is -1.11. The smallest absolute Gasteiger partial charge is 0.323 e. The molecule has 0 radical (unpaired) electrons. The average molecular weight is 211 g/mol. The topological polar surface area (TPSA) is 93.4 Å². The molecule has 82 valence electrons. The minimum absolute atomic E-state index is 0.103. The van der Waals surface area contributed by atoms with Crippen LogP contribution < -0.4 is 5.32 Å². The Balaban J connectivity index is 4.20. The molecule has 6 heteroatoms. The van der Waals surface area contributed by atoms with E-state index in [1.165, 1.54) is 6.08 Å². The molecule has 0 atom stereocenters. The van der Waals surface area contributed by atoms with E-state index >= 15 is 0 Å². The minimum Gasteiger partial charge on any atom is -0.480 e. The number of nitrogens with zero attached hydrogens (tertiary/aromatic N) is 2. The second-order valence-electron chi connectivity index (χ2n) is 2.70. The molecule has 0 heterocycles. The van der Waals surface area contributed by atoms with Crippen molar-refractivity contribution in [1.82, 2.24) is 10.2 Å². The van der Waals surface area contributed by atoms with Gasteiger partial charge in [-0.25, -0.2) is 4.79 Å². The lowest BCUT2D eigenvalue weighted by atomic mass is 10.4. The quantitative estimate of drug-likeness (QED) is 0.613. The Hall–Kier alpha value is -2.03. The van der Waals surface area contributed by atoms with Gasteiger partial charge in [-0.2, -0.15) is 5.26 Å². The van der Waals surface area contributed by atoms with E-state index in [0.29, 0.717) is 0 Å². The van der Waals surface area contributed by atoms with Crippen molar-refractivity contribution in [3.63, 3.8) is 0 Å². The van der Waals surface area contributed by atoms with Crippen LogP contribution in [0.5, 0.6) is 0 Å². The molecule has 0 fully saturated rings. The first kappa shape index (κ1) is 13.0. The molecule has 0 aliphatic heterocycles. The third-order valence-electron chi connectivity index (χ3n) is 1.50. The van der Waals surface area contributed by atoms with Gasteiger partial charge in [0.25, 0.3) is 0 Å². The number of carbonyl (C=O) groups excluding carboxylic acids is 1. The van der Waals surface area contributed by atoms with Gasteiger partial charge < -0.3 is 15.3 Å². The number of carbonyl (C=O) groups is 2. The van der Waals surface area contributed by atoms with Gasteiger partial charge >= 0.3 is 12.0 Å². The van der Waals surface area contributed by atoms with Gasteiger partial charge in [0.1, 0.15) is 6.54 Å². The van der Waals surface area contributed by atoms with E-state index in [2.05, 4.69) is 11.9 Å². The first-order chi connectivity index (χ1) is 7.11. The number of carboxylic acids is 1. The lowest BCUT2D eigenvalue weighted by Crippen LogP contribution is -2.43. The van der Waals surface area contributed by atoms with Gasteiger partial charge in [-0.1, -0.05) is 6.08 Å². The van der Waals surface area contributed by atoms with Crippen LogP contribution in [0.4, 0.5) is 4.79 Å². The van der Waals surface area contributed by atoms with Crippen LogP contribution in [0.2, 0.25) is 0 Å². The van der Waals surface area contributed by atoms with Crippen molar-refractivity contribution in [3.8, 4) is 6.07 Å². The third-order valence-corrected chi connectivity index (χ3v) is 1.50. The molecule has 0 aliphatic rings. The average Bonchev–Trinajstić information content (AvgIpc) is 2.20. The summed E-state index contributed by atoms with van der Waals surface area (Å²) in [6, 6.07) is 1.34. The first-order valence-electron chi connectivity index (χ1n) is 4.34. The van der Waals surface area contributed by atoms with E-state index in [4.69, 9.17) is 10.4 Å². The molecular weight excluding hydrogens is 198 g/mol. The molecule has 0 saturated carbocycles. The standard InChI is InChI=1S/C9H13N3O3/c1-2-5-11-9(15)12(6-3-4-10)7-8(13)14/h2H,1,3,5-7H2,(H,11,15)(H,13,14). The summed E-state index contributed by atoms with van der Waals surface area (Å²) >= 11 is 0. The molecule has 2 N–H and O–H groups in total. The lowest BCUT2D eigenvalue weighted by Gasteiger charge is -2.19. The highest BCUT2D eigenvalue weighted by atomic mass is 16.4. The van der Waals surface area contributed by atoms with Gasteiger partial charge in [0.2, 0.25) is 0 Å². The molecule has 0 aliphatic carbocycles. The minimum atomic E-state index is -1.11. The largest absolute Gasteiger partial charge is 0.480 e. The highest BCUT2D eigenvalue weighted by Gasteiger charge is 2.15. The monoisotopic (exact) mass is 211 g/mol. The van der Waals surface area contributed by atoms with Gasteiger partial charge in [-0.15, -0.1) is 6.58 Å². The van der Waals surface area contributed by atoms with Crippen LogP contribution in [0.3, 0.4) is 0 Å². The van der Waals surface area contributed by atoms with E-state index in [9.17, 15) is 9.59 Å². The molecule has 0 aromatic rings. The van der Waals surface area contributed by atoms with Crippen LogP contribution >= 0.6 is 0 Å². The Labute approximate surface area is 87.8 Å². The number of aliphatic carboxylic acids is 1. The number of amides is 2. The van der Waals surface area contributed by atoms with Crippen LogP contribution in [0.15, 0.2) is 12.7 Å². The maximum Gasteiger partial charge on any atom is 0.323 e. The molecule has 0 saturated heterocycles. The lowest BCUT2D eigenvalue weighted by molar-refractivity contribution is -0.137. The number of urea groups is 1. The molecule has 6 nitrogen and oxygen atoms in total. The van der Waals surface area contributed by atoms with E-state index in [1.54, 1.807) is 0 Å². The van der Waals surface area contributed by atoms with Gasteiger partial charge in [0.05, 0.1) is 12.5 Å². The highest BCUT2D eigenvalue weighted by molar-refractivity contribution is 5.80. The normalized spacial score (nSPS) is 8.73. The summed E-state index contributed by atoms with van der Waals surface area (Å²) in [6.45, 7) is 3.37. The maximum absolute atomic E-state index is 11.3. The van der Waals surface area contributed by atoms with Crippen LogP contribution in [0.1, 0.15) is 6.42 Å². The van der Waals surface area contributed by atoms with E-state index in [0.717, 1.165) is 4.90 Å². The van der Waals surface area contributed by atoms with E-state index < -0.39 is 18.5 Å². The van der Waals surface area contributed by atoms with E-state index in [1.807, 2.05) is 6.07 Å². The first-order valence-corrected chi connectivity index (χ1v) is 4.34. The highest BCUT2D eigenvalue weighted by Crippen LogP contribution is 1.92. The molecule has 0 rings (SSSR count). The zero-order chi connectivity index (χ0) is 11.7. The summed E-state index contributed by atoms with van der Waals surface area (Å²) in [6.07, 6.45) is 1.59. The van der Waals surface area contributed by atoms with Crippen molar-refractivity contribution >= 4 is 12.0 Å². The number of hydrogen-bond donors (Lipinski definition) is 2. The molecular formula is C9H13N3O3. The van der Waals surface area contributed by atoms with Crippen molar-refractivity contribution in [3.05, 3.63) is 12.7 Å². The van der Waals surface area contributed by atoms with Gasteiger partial charge in [0, 0.05) is 13.1 Å². The molecule has 0 unspecified atom stereocenters. The molecule has 0 spiro atoms. The van der Waals surface area contributed by atoms with Crippen LogP contribution in [0, 0.1) is 11.3 Å². The van der Waals surface area contributed by atoms with Crippen molar-refractivity contribution in [2.24, 2.45) is 0 Å². The fourth-order valence-corrected chi connectivity index (χ4v) is 0.872. The van der Waals surface area contributed by atoms with Crippen LogP contribution in [0.25, 0.3) is 0 Å². The Morgan fingerprint density at radius 2 is 2.27 bits per heavy atom. The van der Waals surface area contributed by atoms with Crippen molar-refractivity contribution in [2.75, 3.05) is 19.6 Å². The molecule has 0 aromatic heterocycles. The van der Waals surface area contributed by atoms with Crippen molar-refractivity contribution in [2.45, 2.75) is 6.42 Å². The maximum atomic E-state index is 11.3. The summed E-state index contributed by atoms with van der Waals surface area (Å²) in [5.41, 5.74) is 0. The molecule has 0 bridgehead atoms. The van der Waals surface area contributed by atoms with Gasteiger partial charge in [0.15, 0.2) is 0 Å². The second-order valence-corrected chi connectivity index (χ2v) is 2.70. The Bertz CT molecular complexity index is 283. The van der Waals surface area contributed by atoms with Crippen LogP contribution in [-0.2, 0) is 4.79 Å². The van der Waals surface area contributed by atoms with Crippen molar-refractivity contribution < 1.29 is 14.7 Å². The molecule has 2 amide bonds. The number of carboxylic acid groups (broad SMARTS) is 1. The molecule has 15 heavy (non-hydrogen) atoms. The Kier molecular flexibility index (Phi) is 6.38. The fraction of sp³-hybridized carbons (Fsp3) is 0.444. The number of nitriles is 1. The summed E-state index contributed by atoms with van der Waals surface area (Å²) in [7, 11) is 0. The number of rotatable bonds is 6. The van der Waals surface area contributed by atoms with Gasteiger partial charge in [-0.3, -0.25) is 4.79 Å². The van der Waals surface area contributed by atoms with Crippen molar-refractivity contribution in [1.29, 1.82) is 5.26 Å². The van der Waals surface area contributed by atoms with Gasteiger partial charge in [-0.05, 0) is 0 Å². The van der Waals surface area contributed by atoms with E-state index in [-0.39, 0.29) is 19.5 Å². The predicted octanol–water partition coefficient (Wildman–Crippen LogP) is 0.182. The SMILES string of the molecule is C=CCNC(=O)N(CCC#N)CC(=O)O. The Morgan fingerprint density at radius 1 is 1.60 bits per heavy atom. The summed E-state index contributed by atoms with van der Waals surface area (Å²) in [5, 5.41) is 19.3. The summed E-state index contributed by atoms with van der Waals surface area (Å²) in [4.78, 5) is 22.8. The second kappa shape index (κ2) is 7.38. The predicted molar refractivity (Wildman–Crippen MR) is 53.0 cm³/mol. The zero-order valence-corrected chi connectivity index (χ0v) is 8.27. The number of hydrogen-bond acceptors (Lipinski definition) is 3. The third kappa shape index (κ3) is 6.10.